The number of hydrogen-bond acceptors (Lipinski definition) is 4. The van der Waals surface area contributed by atoms with E-state index in [0.29, 0.717) is 24.6 Å². The first-order chi connectivity index (χ1) is 11.6. The quantitative estimate of drug-likeness (QED) is 0.813. The van der Waals surface area contributed by atoms with Crippen LogP contribution in [0.5, 0.6) is 5.88 Å². The number of carbonyl (C=O) groups excluding carboxylic acids is 2. The van der Waals surface area contributed by atoms with Gasteiger partial charge in [-0.15, -0.1) is 0 Å². The van der Waals surface area contributed by atoms with E-state index >= 15 is 0 Å². The van der Waals surface area contributed by atoms with Gasteiger partial charge in [-0.25, -0.2) is 4.98 Å². The molecule has 6 nitrogen and oxygen atoms in total. The molecule has 0 spiro atoms. The van der Waals surface area contributed by atoms with Crippen LogP contribution < -0.4 is 15.4 Å². The van der Waals surface area contributed by atoms with E-state index in [1.807, 2.05) is 32.0 Å². The maximum atomic E-state index is 12.1. The highest BCUT2D eigenvalue weighted by Crippen LogP contribution is 2.13. The minimum Gasteiger partial charge on any atom is -0.478 e. The number of hydrogen-bond donors (Lipinski definition) is 2. The third-order valence-corrected chi connectivity index (χ3v) is 3.41. The summed E-state index contributed by atoms with van der Waals surface area (Å²) in [5.41, 5.74) is 2.22. The van der Waals surface area contributed by atoms with E-state index in [0.717, 1.165) is 11.1 Å². The highest BCUT2D eigenvalue weighted by Gasteiger charge is 2.11. The van der Waals surface area contributed by atoms with Gasteiger partial charge in [-0.2, -0.15) is 0 Å². The number of nitrogens with zero attached hydrogens (tertiary/aromatic N) is 1. The van der Waals surface area contributed by atoms with Gasteiger partial charge in [0.15, 0.2) is 0 Å². The second-order valence-corrected chi connectivity index (χ2v) is 5.18. The fourth-order valence-electron chi connectivity index (χ4n) is 2.17. The topological polar surface area (TPSA) is 80.3 Å². The summed E-state index contributed by atoms with van der Waals surface area (Å²) in [7, 11) is 0. The molecule has 0 fully saturated rings. The second-order valence-electron chi connectivity index (χ2n) is 5.18. The molecular formula is C18H21N3O3. The van der Waals surface area contributed by atoms with Crippen LogP contribution in [0.15, 0.2) is 42.6 Å². The third-order valence-electron chi connectivity index (χ3n) is 3.41. The van der Waals surface area contributed by atoms with Gasteiger partial charge >= 0.3 is 0 Å². The maximum Gasteiger partial charge on any atom is 0.251 e. The Morgan fingerprint density at radius 2 is 1.92 bits per heavy atom. The molecule has 2 N–H and O–H groups in total. The number of benzene rings is 1. The number of aryl methyl sites for hydroxylation is 1. The molecule has 0 bridgehead atoms. The molecule has 0 aliphatic heterocycles. The fraction of sp³-hybridized carbons (Fsp3) is 0.278. The molecule has 2 aromatic rings. The predicted molar refractivity (Wildman–Crippen MR) is 90.8 cm³/mol. The molecule has 0 aliphatic rings. The maximum absolute atomic E-state index is 12.1. The third kappa shape index (κ3) is 4.81. The minimum atomic E-state index is -0.275. The molecule has 1 heterocycles. The van der Waals surface area contributed by atoms with Crippen LogP contribution in [-0.4, -0.2) is 29.9 Å². The largest absolute Gasteiger partial charge is 0.478 e. The number of pyridine rings is 1. The molecule has 6 heteroatoms. The van der Waals surface area contributed by atoms with Gasteiger partial charge < -0.3 is 15.4 Å². The van der Waals surface area contributed by atoms with Crippen molar-refractivity contribution in [3.05, 3.63) is 59.3 Å². The van der Waals surface area contributed by atoms with Crippen molar-refractivity contribution in [1.82, 2.24) is 15.6 Å². The lowest BCUT2D eigenvalue weighted by Gasteiger charge is -2.10. The smallest absolute Gasteiger partial charge is 0.251 e. The van der Waals surface area contributed by atoms with Crippen molar-refractivity contribution in [2.24, 2.45) is 0 Å². The number of amides is 2. The van der Waals surface area contributed by atoms with Crippen molar-refractivity contribution < 1.29 is 14.3 Å². The lowest BCUT2D eigenvalue weighted by Crippen LogP contribution is -2.36. The molecule has 126 valence electrons. The van der Waals surface area contributed by atoms with Crippen LogP contribution in [0.25, 0.3) is 0 Å². The Labute approximate surface area is 141 Å². The molecule has 0 saturated carbocycles. The van der Waals surface area contributed by atoms with Gasteiger partial charge in [0, 0.05) is 23.9 Å². The Hall–Kier alpha value is -2.89. The summed E-state index contributed by atoms with van der Waals surface area (Å²) < 4.78 is 5.41. The Morgan fingerprint density at radius 3 is 2.67 bits per heavy atom. The van der Waals surface area contributed by atoms with Crippen LogP contribution in [0, 0.1) is 6.92 Å². The molecule has 0 saturated heterocycles. The molecule has 1 aromatic carbocycles. The van der Waals surface area contributed by atoms with Gasteiger partial charge in [0.2, 0.25) is 11.8 Å². The summed E-state index contributed by atoms with van der Waals surface area (Å²) in [6.45, 7) is 4.44. The van der Waals surface area contributed by atoms with E-state index < -0.39 is 0 Å². The zero-order chi connectivity index (χ0) is 17.4. The molecule has 0 radical (unpaired) electrons. The summed E-state index contributed by atoms with van der Waals surface area (Å²) in [5, 5.41) is 5.36. The average molecular weight is 327 g/mol. The molecule has 24 heavy (non-hydrogen) atoms. The van der Waals surface area contributed by atoms with Gasteiger partial charge in [-0.05, 0) is 31.5 Å². The molecule has 2 amide bonds. The highest BCUT2D eigenvalue weighted by molar-refractivity contribution is 5.97. The molecule has 0 unspecified atom stereocenters. The summed E-state index contributed by atoms with van der Waals surface area (Å²) in [6.07, 6.45) is 1.64. The van der Waals surface area contributed by atoms with E-state index in [4.69, 9.17) is 4.74 Å². The first-order valence-corrected chi connectivity index (χ1v) is 7.79. The minimum absolute atomic E-state index is 0.0859. The first-order valence-electron chi connectivity index (χ1n) is 7.79. The number of rotatable bonds is 7. The molecular weight excluding hydrogens is 306 g/mol. The summed E-state index contributed by atoms with van der Waals surface area (Å²) in [6, 6.07) is 10.9. The van der Waals surface area contributed by atoms with Gasteiger partial charge in [0.25, 0.3) is 5.91 Å². The Balaban J connectivity index is 1.84. The van der Waals surface area contributed by atoms with E-state index in [1.165, 1.54) is 0 Å². The predicted octanol–water partition coefficient (Wildman–Crippen LogP) is 1.83. The molecule has 0 atom stereocenters. The monoisotopic (exact) mass is 327 g/mol. The number of aromatic nitrogens is 1. The van der Waals surface area contributed by atoms with Crippen molar-refractivity contribution in [3.63, 3.8) is 0 Å². The first kappa shape index (κ1) is 17.5. The zero-order valence-corrected chi connectivity index (χ0v) is 13.8. The van der Waals surface area contributed by atoms with Crippen LogP contribution in [0.3, 0.4) is 0 Å². The Bertz CT molecular complexity index is 716. The highest BCUT2D eigenvalue weighted by atomic mass is 16.5. The molecule has 0 aliphatic carbocycles. The number of carbonyl (C=O) groups is 2. The molecule has 1 aromatic heterocycles. The Kier molecular flexibility index (Phi) is 6.31. The Morgan fingerprint density at radius 1 is 1.12 bits per heavy atom. The lowest BCUT2D eigenvalue weighted by molar-refractivity contribution is -0.120. The van der Waals surface area contributed by atoms with Crippen molar-refractivity contribution >= 4 is 11.8 Å². The van der Waals surface area contributed by atoms with Gasteiger partial charge in [0.05, 0.1) is 13.2 Å². The van der Waals surface area contributed by atoms with Crippen LogP contribution in [0.2, 0.25) is 0 Å². The van der Waals surface area contributed by atoms with Gasteiger partial charge in [-0.1, -0.05) is 24.3 Å². The van der Waals surface area contributed by atoms with Crippen LogP contribution in [-0.2, 0) is 11.3 Å². The summed E-state index contributed by atoms with van der Waals surface area (Å²) in [5.74, 6) is -0.0351. The van der Waals surface area contributed by atoms with Crippen LogP contribution in [0.4, 0.5) is 0 Å². The van der Waals surface area contributed by atoms with E-state index in [-0.39, 0.29) is 18.4 Å². The van der Waals surface area contributed by atoms with Gasteiger partial charge in [0.1, 0.15) is 0 Å². The van der Waals surface area contributed by atoms with Crippen LogP contribution in [0.1, 0.15) is 28.4 Å². The standard InChI is InChI=1S/C18H21N3O3/c1-3-24-18-14(8-6-10-19-18)11-20-16(22)12-21-17(23)15-9-5-4-7-13(15)2/h4-10H,3,11-12H2,1-2H3,(H,20,22)(H,21,23). The van der Waals surface area contributed by atoms with Gasteiger partial charge in [-0.3, -0.25) is 9.59 Å². The summed E-state index contributed by atoms with van der Waals surface area (Å²) >= 11 is 0. The summed E-state index contributed by atoms with van der Waals surface area (Å²) in [4.78, 5) is 28.1. The van der Waals surface area contributed by atoms with Crippen molar-refractivity contribution in [3.8, 4) is 5.88 Å². The van der Waals surface area contributed by atoms with Crippen LogP contribution >= 0.6 is 0 Å². The second kappa shape index (κ2) is 8.67. The number of ether oxygens (including phenoxy) is 1. The average Bonchev–Trinajstić information content (AvgIpc) is 2.59. The fourth-order valence-corrected chi connectivity index (χ4v) is 2.17. The van der Waals surface area contributed by atoms with Crippen molar-refractivity contribution in [2.75, 3.05) is 13.2 Å². The molecule has 2 rings (SSSR count). The number of nitrogens with one attached hydrogen (secondary N) is 2. The van der Waals surface area contributed by atoms with E-state index in [1.54, 1.807) is 24.4 Å². The zero-order valence-electron chi connectivity index (χ0n) is 13.8. The van der Waals surface area contributed by atoms with Crippen molar-refractivity contribution in [1.29, 1.82) is 0 Å². The van der Waals surface area contributed by atoms with E-state index in [2.05, 4.69) is 15.6 Å². The van der Waals surface area contributed by atoms with E-state index in [9.17, 15) is 9.59 Å². The van der Waals surface area contributed by atoms with Crippen molar-refractivity contribution in [2.45, 2.75) is 20.4 Å². The SMILES string of the molecule is CCOc1ncccc1CNC(=O)CNC(=O)c1ccccc1C. The normalized spacial score (nSPS) is 10.1. The lowest BCUT2D eigenvalue weighted by atomic mass is 10.1.